The average Bonchev–Trinajstić information content (AvgIpc) is 2.73. The van der Waals surface area contributed by atoms with E-state index in [4.69, 9.17) is 4.74 Å². The predicted molar refractivity (Wildman–Crippen MR) is 117 cm³/mol. The highest BCUT2D eigenvalue weighted by Crippen LogP contribution is 2.24. The fourth-order valence-electron chi connectivity index (χ4n) is 3.84. The minimum absolute atomic E-state index is 0.163. The number of aryl methyl sites for hydroxylation is 1. The van der Waals surface area contributed by atoms with Crippen LogP contribution in [0.15, 0.2) is 23.1 Å². The summed E-state index contributed by atoms with van der Waals surface area (Å²) in [4.78, 5) is 28.8. The van der Waals surface area contributed by atoms with Gasteiger partial charge in [-0.1, -0.05) is 12.5 Å². The summed E-state index contributed by atoms with van der Waals surface area (Å²) in [5, 5.41) is 0. The number of amides is 2. The van der Waals surface area contributed by atoms with Crippen molar-refractivity contribution in [1.29, 1.82) is 0 Å². The zero-order valence-electron chi connectivity index (χ0n) is 18.9. The van der Waals surface area contributed by atoms with Crippen molar-refractivity contribution in [2.75, 3.05) is 39.3 Å². The standard InChI is InChI=1S/C22H33N3O5S/c1-17-8-9-18(31(28,29)25-10-6-5-7-11-25)16-19(17)20(26)23-12-14-24(15-13-23)21(27)30-22(2,3)4/h8-9,16H,5-7,10-15H2,1-4H3. The van der Waals surface area contributed by atoms with Gasteiger partial charge >= 0.3 is 6.09 Å². The molecule has 9 heteroatoms. The van der Waals surface area contributed by atoms with Gasteiger partial charge in [0.25, 0.3) is 5.91 Å². The van der Waals surface area contributed by atoms with Gasteiger partial charge in [-0.2, -0.15) is 4.31 Å². The van der Waals surface area contributed by atoms with Gasteiger partial charge in [-0.3, -0.25) is 4.79 Å². The van der Waals surface area contributed by atoms with Crippen LogP contribution >= 0.6 is 0 Å². The van der Waals surface area contributed by atoms with E-state index < -0.39 is 15.6 Å². The fraction of sp³-hybridized carbons (Fsp3) is 0.636. The van der Waals surface area contributed by atoms with Crippen LogP contribution in [0.25, 0.3) is 0 Å². The molecule has 0 aliphatic carbocycles. The van der Waals surface area contributed by atoms with Gasteiger partial charge in [0.05, 0.1) is 4.90 Å². The number of piperidine rings is 1. The van der Waals surface area contributed by atoms with Crippen molar-refractivity contribution in [2.24, 2.45) is 0 Å². The predicted octanol–water partition coefficient (Wildman–Crippen LogP) is 2.86. The number of sulfonamides is 1. The molecule has 3 rings (SSSR count). The second-order valence-electron chi connectivity index (χ2n) is 9.20. The molecule has 0 atom stereocenters. The van der Waals surface area contributed by atoms with Crippen molar-refractivity contribution in [2.45, 2.75) is 57.5 Å². The topological polar surface area (TPSA) is 87.2 Å². The molecule has 2 amide bonds. The van der Waals surface area contributed by atoms with Crippen LogP contribution in [0.2, 0.25) is 0 Å². The van der Waals surface area contributed by atoms with E-state index in [0.29, 0.717) is 44.8 Å². The molecule has 0 bridgehead atoms. The Morgan fingerprint density at radius 3 is 2.06 bits per heavy atom. The highest BCUT2D eigenvalue weighted by molar-refractivity contribution is 7.89. The maximum absolute atomic E-state index is 13.2. The number of ether oxygens (including phenoxy) is 1. The summed E-state index contributed by atoms with van der Waals surface area (Å²) in [5.74, 6) is -0.211. The number of carbonyl (C=O) groups excluding carboxylic acids is 2. The molecular formula is C22H33N3O5S. The highest BCUT2D eigenvalue weighted by atomic mass is 32.2. The van der Waals surface area contributed by atoms with Crippen LogP contribution in [0.3, 0.4) is 0 Å². The zero-order chi connectivity index (χ0) is 22.8. The Balaban J connectivity index is 1.71. The Bertz CT molecular complexity index is 925. The van der Waals surface area contributed by atoms with Crippen molar-refractivity contribution in [3.8, 4) is 0 Å². The van der Waals surface area contributed by atoms with Crippen LogP contribution in [0.5, 0.6) is 0 Å². The van der Waals surface area contributed by atoms with Crippen LogP contribution < -0.4 is 0 Å². The van der Waals surface area contributed by atoms with E-state index in [0.717, 1.165) is 24.8 Å². The van der Waals surface area contributed by atoms with Gasteiger partial charge in [-0.15, -0.1) is 0 Å². The highest BCUT2D eigenvalue weighted by Gasteiger charge is 2.30. The summed E-state index contributed by atoms with van der Waals surface area (Å²) in [5.41, 5.74) is 0.558. The molecule has 8 nitrogen and oxygen atoms in total. The zero-order valence-corrected chi connectivity index (χ0v) is 19.7. The van der Waals surface area contributed by atoms with Crippen LogP contribution in [-0.2, 0) is 14.8 Å². The maximum Gasteiger partial charge on any atom is 0.410 e. The van der Waals surface area contributed by atoms with E-state index in [1.54, 1.807) is 21.9 Å². The van der Waals surface area contributed by atoms with Crippen LogP contribution in [0.1, 0.15) is 56.0 Å². The van der Waals surface area contributed by atoms with E-state index >= 15 is 0 Å². The van der Waals surface area contributed by atoms with Gasteiger partial charge in [-0.05, 0) is 58.2 Å². The Morgan fingerprint density at radius 2 is 1.48 bits per heavy atom. The van der Waals surface area contributed by atoms with Crippen molar-refractivity contribution in [3.05, 3.63) is 29.3 Å². The lowest BCUT2D eigenvalue weighted by molar-refractivity contribution is 0.0140. The Hall–Kier alpha value is -2.13. The Morgan fingerprint density at radius 1 is 0.903 bits per heavy atom. The van der Waals surface area contributed by atoms with Gasteiger partial charge in [-0.25, -0.2) is 13.2 Å². The number of piperazine rings is 1. The second kappa shape index (κ2) is 9.16. The monoisotopic (exact) mass is 451 g/mol. The first-order valence-electron chi connectivity index (χ1n) is 10.9. The van der Waals surface area contributed by atoms with E-state index in [1.807, 2.05) is 27.7 Å². The van der Waals surface area contributed by atoms with E-state index in [2.05, 4.69) is 0 Å². The van der Waals surface area contributed by atoms with Crippen LogP contribution in [0, 0.1) is 6.92 Å². The van der Waals surface area contributed by atoms with Gasteiger partial charge in [0.1, 0.15) is 5.60 Å². The Labute approximate surface area is 185 Å². The summed E-state index contributed by atoms with van der Waals surface area (Å²) in [6.45, 7) is 9.81. The van der Waals surface area contributed by atoms with Gasteiger partial charge in [0.15, 0.2) is 0 Å². The minimum atomic E-state index is -3.61. The third-order valence-electron chi connectivity index (χ3n) is 5.61. The lowest BCUT2D eigenvalue weighted by Crippen LogP contribution is -2.51. The molecule has 2 saturated heterocycles. The number of benzene rings is 1. The first-order valence-corrected chi connectivity index (χ1v) is 12.3. The molecule has 0 aromatic heterocycles. The smallest absolute Gasteiger partial charge is 0.410 e. The number of hydrogen-bond donors (Lipinski definition) is 0. The first kappa shape index (κ1) is 23.5. The molecular weight excluding hydrogens is 418 g/mol. The summed E-state index contributed by atoms with van der Waals surface area (Å²) in [7, 11) is -3.61. The molecule has 1 aromatic carbocycles. The second-order valence-corrected chi connectivity index (χ2v) is 11.1. The molecule has 172 valence electrons. The summed E-state index contributed by atoms with van der Waals surface area (Å²) in [6.07, 6.45) is 2.38. The summed E-state index contributed by atoms with van der Waals surface area (Å²) >= 11 is 0. The fourth-order valence-corrected chi connectivity index (χ4v) is 5.38. The van der Waals surface area contributed by atoms with Crippen LogP contribution in [-0.4, -0.2) is 79.4 Å². The van der Waals surface area contributed by atoms with Crippen LogP contribution in [0.4, 0.5) is 4.79 Å². The number of carbonyl (C=O) groups is 2. The molecule has 2 fully saturated rings. The lowest BCUT2D eigenvalue weighted by atomic mass is 10.1. The SMILES string of the molecule is Cc1ccc(S(=O)(=O)N2CCCCC2)cc1C(=O)N1CCN(C(=O)OC(C)(C)C)CC1. The molecule has 0 spiro atoms. The van der Waals surface area contributed by atoms with Crippen molar-refractivity contribution in [1.82, 2.24) is 14.1 Å². The number of rotatable bonds is 3. The van der Waals surface area contributed by atoms with E-state index in [9.17, 15) is 18.0 Å². The summed E-state index contributed by atoms with van der Waals surface area (Å²) < 4.78 is 33.0. The molecule has 1 aromatic rings. The van der Waals surface area contributed by atoms with Gasteiger partial charge in [0, 0.05) is 44.8 Å². The van der Waals surface area contributed by atoms with Gasteiger partial charge < -0.3 is 14.5 Å². The van der Waals surface area contributed by atoms with Crippen molar-refractivity contribution in [3.63, 3.8) is 0 Å². The minimum Gasteiger partial charge on any atom is -0.444 e. The third-order valence-corrected chi connectivity index (χ3v) is 7.51. The van der Waals surface area contributed by atoms with Crippen molar-refractivity contribution < 1.29 is 22.7 Å². The van der Waals surface area contributed by atoms with Gasteiger partial charge in [0.2, 0.25) is 10.0 Å². The lowest BCUT2D eigenvalue weighted by Gasteiger charge is -2.35. The average molecular weight is 452 g/mol. The van der Waals surface area contributed by atoms with E-state index in [1.165, 1.54) is 10.4 Å². The molecule has 2 heterocycles. The number of hydrogen-bond acceptors (Lipinski definition) is 5. The molecule has 31 heavy (non-hydrogen) atoms. The molecule has 2 aliphatic heterocycles. The molecule has 0 unspecified atom stereocenters. The largest absolute Gasteiger partial charge is 0.444 e. The molecule has 0 radical (unpaired) electrons. The molecule has 2 aliphatic rings. The number of nitrogens with zero attached hydrogens (tertiary/aromatic N) is 3. The first-order chi connectivity index (χ1) is 14.5. The molecule has 0 N–H and O–H groups in total. The van der Waals surface area contributed by atoms with E-state index in [-0.39, 0.29) is 16.9 Å². The third kappa shape index (κ3) is 5.57. The normalized spacial score (nSPS) is 18.7. The molecule has 0 saturated carbocycles. The quantitative estimate of drug-likeness (QED) is 0.705. The summed E-state index contributed by atoms with van der Waals surface area (Å²) in [6, 6.07) is 4.78. The van der Waals surface area contributed by atoms with Crippen molar-refractivity contribution >= 4 is 22.0 Å². The Kier molecular flexibility index (Phi) is 6.95. The maximum atomic E-state index is 13.2.